The molecule has 3 aromatic rings. The van der Waals surface area contributed by atoms with Crippen molar-refractivity contribution < 1.29 is 32.2 Å². The standard InChI is InChI=1S/C27H32N2O7S/c1-6-36-21-13-11-20(12-14-21)29(37(31,32)26-16-19(2)10-15-25(26)35-5)18-27(30)28-17-22-23(33-3)8-7-9-24(22)34-4/h7-16H,6,17-18H2,1-5H3,(H,28,30). The number of hydrogen-bond acceptors (Lipinski definition) is 7. The lowest BCUT2D eigenvalue weighted by molar-refractivity contribution is -0.119. The van der Waals surface area contributed by atoms with E-state index in [-0.39, 0.29) is 17.2 Å². The van der Waals surface area contributed by atoms with Gasteiger partial charge in [-0.3, -0.25) is 9.10 Å². The lowest BCUT2D eigenvalue weighted by Crippen LogP contribution is -2.40. The van der Waals surface area contributed by atoms with Crippen molar-refractivity contribution in [2.45, 2.75) is 25.3 Å². The van der Waals surface area contributed by atoms with Gasteiger partial charge in [0.15, 0.2) is 0 Å². The van der Waals surface area contributed by atoms with Crippen LogP contribution < -0.4 is 28.6 Å². The number of anilines is 1. The Labute approximate surface area is 218 Å². The van der Waals surface area contributed by atoms with Crippen molar-refractivity contribution in [3.8, 4) is 23.0 Å². The van der Waals surface area contributed by atoms with Crippen LogP contribution in [0.1, 0.15) is 18.1 Å². The van der Waals surface area contributed by atoms with Gasteiger partial charge < -0.3 is 24.3 Å². The normalized spacial score (nSPS) is 10.9. The van der Waals surface area contributed by atoms with Crippen molar-refractivity contribution in [1.82, 2.24) is 5.32 Å². The maximum Gasteiger partial charge on any atom is 0.268 e. The fourth-order valence-electron chi connectivity index (χ4n) is 3.77. The van der Waals surface area contributed by atoms with Gasteiger partial charge in [-0.05, 0) is 67.9 Å². The van der Waals surface area contributed by atoms with E-state index < -0.39 is 22.5 Å². The van der Waals surface area contributed by atoms with Crippen LogP contribution in [0.25, 0.3) is 0 Å². The molecule has 9 nitrogen and oxygen atoms in total. The molecule has 0 aliphatic rings. The molecule has 0 spiro atoms. The number of amides is 1. The summed E-state index contributed by atoms with van der Waals surface area (Å²) in [5.41, 5.74) is 1.67. The van der Waals surface area contributed by atoms with Crippen LogP contribution in [0.15, 0.2) is 65.6 Å². The highest BCUT2D eigenvalue weighted by molar-refractivity contribution is 7.93. The average molecular weight is 529 g/mol. The number of carbonyl (C=O) groups excluding carboxylic acids is 1. The minimum absolute atomic E-state index is 0.0388. The summed E-state index contributed by atoms with van der Waals surface area (Å²) in [5.74, 6) is 1.34. The van der Waals surface area contributed by atoms with Crippen LogP contribution in [-0.2, 0) is 21.4 Å². The zero-order chi connectivity index (χ0) is 27.0. The van der Waals surface area contributed by atoms with Gasteiger partial charge in [-0.15, -0.1) is 0 Å². The number of nitrogens with zero attached hydrogens (tertiary/aromatic N) is 1. The first-order chi connectivity index (χ1) is 17.7. The zero-order valence-electron chi connectivity index (χ0n) is 21.6. The molecule has 3 aromatic carbocycles. The van der Waals surface area contributed by atoms with E-state index in [2.05, 4.69) is 5.32 Å². The molecule has 37 heavy (non-hydrogen) atoms. The number of hydrogen-bond donors (Lipinski definition) is 1. The lowest BCUT2D eigenvalue weighted by atomic mass is 10.1. The summed E-state index contributed by atoms with van der Waals surface area (Å²) < 4.78 is 50.4. The molecule has 0 saturated carbocycles. The SMILES string of the molecule is CCOc1ccc(N(CC(=O)NCc2c(OC)cccc2OC)S(=O)(=O)c2cc(C)ccc2OC)cc1. The summed E-state index contributed by atoms with van der Waals surface area (Å²) in [6.45, 7) is 3.72. The van der Waals surface area contributed by atoms with Crippen molar-refractivity contribution >= 4 is 21.6 Å². The van der Waals surface area contributed by atoms with Gasteiger partial charge in [-0.2, -0.15) is 0 Å². The largest absolute Gasteiger partial charge is 0.496 e. The van der Waals surface area contributed by atoms with E-state index in [0.717, 1.165) is 9.87 Å². The molecule has 1 N–H and O–H groups in total. The minimum Gasteiger partial charge on any atom is -0.496 e. The van der Waals surface area contributed by atoms with E-state index >= 15 is 0 Å². The number of benzene rings is 3. The quantitative estimate of drug-likeness (QED) is 0.380. The molecule has 0 atom stereocenters. The first kappa shape index (κ1) is 27.7. The van der Waals surface area contributed by atoms with E-state index in [1.54, 1.807) is 61.5 Å². The topological polar surface area (TPSA) is 103 Å². The Bertz CT molecular complexity index is 1300. The van der Waals surface area contributed by atoms with Crippen LogP contribution in [0, 0.1) is 6.92 Å². The second-order valence-corrected chi connectivity index (χ2v) is 9.84. The van der Waals surface area contributed by atoms with Crippen molar-refractivity contribution in [2.24, 2.45) is 0 Å². The molecule has 0 bridgehead atoms. The van der Waals surface area contributed by atoms with Crippen LogP contribution in [0.2, 0.25) is 0 Å². The van der Waals surface area contributed by atoms with Crippen LogP contribution in [-0.4, -0.2) is 48.8 Å². The van der Waals surface area contributed by atoms with Crippen molar-refractivity contribution in [2.75, 3.05) is 38.8 Å². The highest BCUT2D eigenvalue weighted by atomic mass is 32.2. The summed E-state index contributed by atoms with van der Waals surface area (Å²) in [4.78, 5) is 13.1. The predicted molar refractivity (Wildman–Crippen MR) is 141 cm³/mol. The number of sulfonamides is 1. The van der Waals surface area contributed by atoms with Crippen LogP contribution in [0.5, 0.6) is 23.0 Å². The van der Waals surface area contributed by atoms with Gasteiger partial charge in [0.25, 0.3) is 10.0 Å². The monoisotopic (exact) mass is 528 g/mol. The van der Waals surface area contributed by atoms with Crippen molar-refractivity contribution in [1.29, 1.82) is 0 Å². The number of carbonyl (C=O) groups is 1. The molecule has 0 aromatic heterocycles. The summed E-state index contributed by atoms with van der Waals surface area (Å²) in [7, 11) is 0.257. The summed E-state index contributed by atoms with van der Waals surface area (Å²) in [5, 5.41) is 2.78. The maximum atomic E-state index is 13.9. The van der Waals surface area contributed by atoms with Gasteiger partial charge in [0, 0.05) is 0 Å². The molecule has 3 rings (SSSR count). The van der Waals surface area contributed by atoms with Crippen molar-refractivity contribution in [3.63, 3.8) is 0 Å². The molecule has 0 aliphatic heterocycles. The van der Waals surface area contributed by atoms with E-state index in [9.17, 15) is 13.2 Å². The lowest BCUT2D eigenvalue weighted by Gasteiger charge is -2.25. The first-order valence-electron chi connectivity index (χ1n) is 11.6. The van der Waals surface area contributed by atoms with Gasteiger partial charge in [0.2, 0.25) is 5.91 Å². The van der Waals surface area contributed by atoms with Crippen LogP contribution >= 0.6 is 0 Å². The Hall–Kier alpha value is -3.92. The Morgan fingerprint density at radius 3 is 2.08 bits per heavy atom. The van der Waals surface area contributed by atoms with Gasteiger partial charge in [0.1, 0.15) is 34.4 Å². The summed E-state index contributed by atoms with van der Waals surface area (Å²) >= 11 is 0. The smallest absolute Gasteiger partial charge is 0.268 e. The fraction of sp³-hybridized carbons (Fsp3) is 0.296. The third-order valence-corrected chi connectivity index (χ3v) is 7.40. The Kier molecular flexibility index (Phi) is 9.24. The van der Waals surface area contributed by atoms with E-state index in [0.29, 0.717) is 35.1 Å². The number of nitrogens with one attached hydrogen (secondary N) is 1. The summed E-state index contributed by atoms with van der Waals surface area (Å²) in [6, 6.07) is 16.7. The minimum atomic E-state index is -4.19. The molecule has 0 heterocycles. The number of methoxy groups -OCH3 is 3. The molecule has 0 unspecified atom stereocenters. The molecule has 198 valence electrons. The fourth-order valence-corrected chi connectivity index (χ4v) is 5.43. The molecular formula is C27H32N2O7S. The molecule has 1 amide bonds. The van der Waals surface area contributed by atoms with E-state index in [1.807, 2.05) is 6.92 Å². The predicted octanol–water partition coefficient (Wildman–Crippen LogP) is 3.93. The highest BCUT2D eigenvalue weighted by Gasteiger charge is 2.30. The highest BCUT2D eigenvalue weighted by Crippen LogP contribution is 2.32. The molecule has 10 heteroatoms. The second-order valence-electron chi connectivity index (χ2n) is 8.01. The van der Waals surface area contributed by atoms with Crippen LogP contribution in [0.4, 0.5) is 5.69 Å². The van der Waals surface area contributed by atoms with Crippen molar-refractivity contribution in [3.05, 3.63) is 71.8 Å². The van der Waals surface area contributed by atoms with Gasteiger partial charge in [-0.1, -0.05) is 12.1 Å². The molecule has 0 aliphatic carbocycles. The number of aryl methyl sites for hydroxylation is 1. The van der Waals surface area contributed by atoms with Gasteiger partial charge >= 0.3 is 0 Å². The van der Waals surface area contributed by atoms with Crippen LogP contribution in [0.3, 0.4) is 0 Å². The zero-order valence-corrected chi connectivity index (χ0v) is 22.4. The summed E-state index contributed by atoms with van der Waals surface area (Å²) in [6.07, 6.45) is 0. The third kappa shape index (κ3) is 6.45. The van der Waals surface area contributed by atoms with E-state index in [1.165, 1.54) is 27.4 Å². The molecule has 0 fully saturated rings. The maximum absolute atomic E-state index is 13.9. The Morgan fingerprint density at radius 2 is 1.51 bits per heavy atom. The first-order valence-corrected chi connectivity index (χ1v) is 13.1. The average Bonchev–Trinajstić information content (AvgIpc) is 2.90. The molecular weight excluding hydrogens is 496 g/mol. The Balaban J connectivity index is 1.95. The number of ether oxygens (including phenoxy) is 4. The third-order valence-electron chi connectivity index (χ3n) is 5.60. The van der Waals surface area contributed by atoms with Gasteiger partial charge in [-0.25, -0.2) is 8.42 Å². The Morgan fingerprint density at radius 1 is 0.892 bits per heavy atom. The second kappa shape index (κ2) is 12.4. The van der Waals surface area contributed by atoms with Gasteiger partial charge in [0.05, 0.1) is 45.7 Å². The number of rotatable bonds is 12. The molecule has 0 saturated heterocycles. The molecule has 0 radical (unpaired) electrons. The van der Waals surface area contributed by atoms with E-state index in [4.69, 9.17) is 18.9 Å².